The molecule has 0 atom stereocenters. The maximum absolute atomic E-state index is 6.96. The lowest BCUT2D eigenvalue weighted by Gasteiger charge is -2.01. The SMILES string of the molecule is [2H]N1C=NCCC1. The van der Waals surface area contributed by atoms with Crippen molar-refractivity contribution in [2.45, 2.75) is 6.42 Å². The third-order valence-electron chi connectivity index (χ3n) is 0.738. The molecule has 0 aromatic carbocycles. The quantitative estimate of drug-likeness (QED) is 0.440. The van der Waals surface area contributed by atoms with Gasteiger partial charge in [-0.2, -0.15) is 0 Å². The van der Waals surface area contributed by atoms with Gasteiger partial charge < -0.3 is 5.31 Å². The molecule has 2 heteroatoms. The minimum absolute atomic E-state index is 0.837. The summed E-state index contributed by atoms with van der Waals surface area (Å²) in [5, 5.41) is 1.35. The van der Waals surface area contributed by atoms with E-state index in [4.69, 9.17) is 1.41 Å². The van der Waals surface area contributed by atoms with Gasteiger partial charge in [-0.3, -0.25) is 4.99 Å². The van der Waals surface area contributed by atoms with Crippen molar-refractivity contribution in [1.82, 2.24) is 5.31 Å². The molecule has 0 aliphatic carbocycles. The second kappa shape index (κ2) is 1.80. The molecule has 1 N–H and O–H groups in total. The van der Waals surface area contributed by atoms with Crippen molar-refractivity contribution < 1.29 is 1.41 Å². The summed E-state index contributed by atoms with van der Waals surface area (Å²) in [6.07, 6.45) is 2.59. The van der Waals surface area contributed by atoms with Crippen LogP contribution in [0.5, 0.6) is 0 Å². The van der Waals surface area contributed by atoms with E-state index in [1.54, 1.807) is 6.34 Å². The van der Waals surface area contributed by atoms with Crippen molar-refractivity contribution in [2.24, 2.45) is 4.99 Å². The second-order valence-electron chi connectivity index (χ2n) is 1.28. The topological polar surface area (TPSA) is 24.4 Å². The van der Waals surface area contributed by atoms with Crippen molar-refractivity contribution in [2.75, 3.05) is 13.1 Å². The highest BCUT2D eigenvalue weighted by molar-refractivity contribution is 5.54. The van der Waals surface area contributed by atoms with Gasteiger partial charge in [-0.25, -0.2) is 0 Å². The predicted molar refractivity (Wildman–Crippen MR) is 26.0 cm³/mol. The fourth-order valence-corrected chi connectivity index (χ4v) is 0.426. The number of hydrogen-bond acceptors (Lipinski definition) is 2. The molecule has 1 aliphatic rings. The molecule has 0 saturated heterocycles. The zero-order valence-electron chi connectivity index (χ0n) is 4.59. The Labute approximate surface area is 38.7 Å². The molecule has 1 aliphatic heterocycles. The summed E-state index contributed by atoms with van der Waals surface area (Å²) in [7, 11) is 0. The van der Waals surface area contributed by atoms with E-state index in [1.807, 2.05) is 0 Å². The molecule has 0 aromatic heterocycles. The van der Waals surface area contributed by atoms with E-state index in [0.29, 0.717) is 0 Å². The summed E-state index contributed by atoms with van der Waals surface area (Å²) in [4.78, 5) is 3.87. The Morgan fingerprint density at radius 3 is 3.33 bits per heavy atom. The summed E-state index contributed by atoms with van der Waals surface area (Å²) in [5.74, 6) is 0. The van der Waals surface area contributed by atoms with E-state index < -0.39 is 0 Å². The summed E-state index contributed by atoms with van der Waals surface area (Å²) in [6, 6.07) is 0. The van der Waals surface area contributed by atoms with Crippen LogP contribution in [0.3, 0.4) is 0 Å². The fourth-order valence-electron chi connectivity index (χ4n) is 0.426. The zero-order valence-corrected chi connectivity index (χ0v) is 3.59. The second-order valence-corrected chi connectivity index (χ2v) is 1.28. The number of nitrogens with zero attached hydrogens (tertiary/aromatic N) is 1. The van der Waals surface area contributed by atoms with Gasteiger partial charge in [0.25, 0.3) is 0 Å². The van der Waals surface area contributed by atoms with E-state index in [2.05, 4.69) is 4.99 Å². The maximum atomic E-state index is 6.96. The highest BCUT2D eigenvalue weighted by atomic mass is 15.0. The van der Waals surface area contributed by atoms with E-state index >= 15 is 0 Å². The Bertz CT molecular complexity index is 81.8. The largest absolute Gasteiger partial charge is 0.376 e. The van der Waals surface area contributed by atoms with Gasteiger partial charge in [0, 0.05) is 13.1 Å². The summed E-state index contributed by atoms with van der Waals surface area (Å²) < 4.78 is 6.96. The minimum Gasteiger partial charge on any atom is -0.376 e. The summed E-state index contributed by atoms with van der Waals surface area (Å²) in [6.45, 7) is 1.74. The number of hydrogen-bond donors (Lipinski definition) is 1. The molecule has 0 spiro atoms. The first-order valence-electron chi connectivity index (χ1n) is 2.60. The van der Waals surface area contributed by atoms with Gasteiger partial charge in [-0.05, 0) is 6.42 Å². The molecule has 1 rings (SSSR count). The van der Waals surface area contributed by atoms with Crippen LogP contribution in [0.4, 0.5) is 0 Å². The monoisotopic (exact) mass is 85.1 g/mol. The van der Waals surface area contributed by atoms with Gasteiger partial charge in [0.2, 0.25) is 0 Å². The van der Waals surface area contributed by atoms with Crippen LogP contribution < -0.4 is 5.31 Å². The predicted octanol–water partition coefficient (Wildman–Crippen LogP) is 0.00800. The fraction of sp³-hybridized carbons (Fsp3) is 0.750. The minimum atomic E-state index is 0.837. The van der Waals surface area contributed by atoms with Crippen molar-refractivity contribution in [3.63, 3.8) is 0 Å². The molecular formula is C4H8N2. The van der Waals surface area contributed by atoms with Crippen LogP contribution in [-0.4, -0.2) is 19.4 Å². The average molecular weight is 85.1 g/mol. The first kappa shape index (κ1) is 2.61. The zero-order chi connectivity index (χ0) is 5.11. The first-order chi connectivity index (χ1) is 3.39. The molecule has 1 heterocycles. The summed E-state index contributed by atoms with van der Waals surface area (Å²) in [5.41, 5.74) is 0. The first-order valence-corrected chi connectivity index (χ1v) is 2.15. The number of aliphatic imine (C=N–C) groups is 1. The van der Waals surface area contributed by atoms with Crippen LogP contribution in [0.1, 0.15) is 6.42 Å². The molecule has 0 unspecified atom stereocenters. The molecular weight excluding hydrogens is 76.1 g/mol. The Hall–Kier alpha value is -0.530. The van der Waals surface area contributed by atoms with Gasteiger partial charge in [-0.15, -0.1) is 0 Å². The third kappa shape index (κ3) is 0.708. The highest BCUT2D eigenvalue weighted by Crippen LogP contribution is 1.79. The van der Waals surface area contributed by atoms with Gasteiger partial charge in [0.05, 0.1) is 6.34 Å². The Morgan fingerprint density at radius 1 is 2.00 bits per heavy atom. The van der Waals surface area contributed by atoms with Crippen molar-refractivity contribution in [3.8, 4) is 0 Å². The molecule has 6 heavy (non-hydrogen) atoms. The molecule has 0 amide bonds. The van der Waals surface area contributed by atoms with Crippen LogP contribution in [0.25, 0.3) is 0 Å². The normalized spacial score (nSPS) is 24.0. The third-order valence-corrected chi connectivity index (χ3v) is 0.738. The van der Waals surface area contributed by atoms with Crippen molar-refractivity contribution >= 4 is 6.34 Å². The molecule has 0 saturated carbocycles. The molecule has 0 aromatic rings. The van der Waals surface area contributed by atoms with Crippen LogP contribution in [0, 0.1) is 0 Å². The summed E-state index contributed by atoms with van der Waals surface area (Å²) >= 11 is 0. The lowest BCUT2D eigenvalue weighted by atomic mass is 10.4. The lowest BCUT2D eigenvalue weighted by Crippen LogP contribution is -2.17. The van der Waals surface area contributed by atoms with E-state index in [-0.39, 0.29) is 0 Å². The molecule has 0 radical (unpaired) electrons. The maximum Gasteiger partial charge on any atom is 0.161 e. The van der Waals surface area contributed by atoms with Gasteiger partial charge in [0.15, 0.2) is 1.41 Å². The Kier molecular flexibility index (Phi) is 0.783. The number of rotatable bonds is 0. The van der Waals surface area contributed by atoms with Crippen molar-refractivity contribution in [3.05, 3.63) is 0 Å². The van der Waals surface area contributed by atoms with Crippen LogP contribution >= 0.6 is 0 Å². The standard InChI is InChI=1S/C4H8N2/c1-2-5-4-6-3-1/h4H,1-3H2,(H,5,6)/i/hD. The number of nitrogens with one attached hydrogen (secondary N) is 1. The lowest BCUT2D eigenvalue weighted by molar-refractivity contribution is 0.755. The molecule has 0 fully saturated rings. The van der Waals surface area contributed by atoms with E-state index in [1.165, 1.54) is 5.31 Å². The Morgan fingerprint density at radius 2 is 3.00 bits per heavy atom. The van der Waals surface area contributed by atoms with Gasteiger partial charge >= 0.3 is 0 Å². The molecule has 0 bridgehead atoms. The Balaban J connectivity index is 2.36. The highest BCUT2D eigenvalue weighted by Gasteiger charge is 1.85. The van der Waals surface area contributed by atoms with Crippen LogP contribution in [-0.2, 0) is 0 Å². The van der Waals surface area contributed by atoms with Crippen molar-refractivity contribution in [1.29, 1.82) is 0 Å². The van der Waals surface area contributed by atoms with Gasteiger partial charge in [-0.1, -0.05) is 0 Å². The van der Waals surface area contributed by atoms with Gasteiger partial charge in [0.1, 0.15) is 0 Å². The average Bonchev–Trinajstić information content (AvgIpc) is 1.69. The van der Waals surface area contributed by atoms with E-state index in [9.17, 15) is 0 Å². The van der Waals surface area contributed by atoms with Crippen LogP contribution in [0.15, 0.2) is 4.99 Å². The smallest absolute Gasteiger partial charge is 0.161 e. The van der Waals surface area contributed by atoms with E-state index in [0.717, 1.165) is 19.5 Å². The molecule has 2 nitrogen and oxygen atoms in total. The van der Waals surface area contributed by atoms with Crippen LogP contribution in [0.2, 0.25) is 1.41 Å². The molecule has 34 valence electrons.